The van der Waals surface area contributed by atoms with Crippen molar-refractivity contribution in [2.75, 3.05) is 24.3 Å². The Morgan fingerprint density at radius 2 is 2.08 bits per heavy atom. The zero-order valence-corrected chi connectivity index (χ0v) is 15.0. The Labute approximate surface area is 154 Å². The van der Waals surface area contributed by atoms with Crippen LogP contribution < -0.4 is 14.8 Å². The first-order valence-electron chi connectivity index (χ1n) is 7.83. The average molecular weight is 382 g/mol. The van der Waals surface area contributed by atoms with E-state index in [4.69, 9.17) is 21.1 Å². The van der Waals surface area contributed by atoms with Crippen molar-refractivity contribution in [1.29, 1.82) is 0 Å². The number of carbonyl (C=O) groups excluding carboxylic acids is 1. The summed E-state index contributed by atoms with van der Waals surface area (Å²) in [5.41, 5.74) is 1.48. The highest BCUT2D eigenvalue weighted by Crippen LogP contribution is 2.39. The van der Waals surface area contributed by atoms with Crippen LogP contribution in [0.1, 0.15) is 12.0 Å². The Hall–Kier alpha value is -1.92. The second-order valence-electron chi connectivity index (χ2n) is 5.46. The van der Waals surface area contributed by atoms with Gasteiger partial charge in [-0.1, -0.05) is 17.7 Å². The van der Waals surface area contributed by atoms with E-state index in [-0.39, 0.29) is 11.7 Å². The van der Waals surface area contributed by atoms with Gasteiger partial charge in [-0.2, -0.15) is 11.8 Å². The molecule has 0 radical (unpaired) electrons. The van der Waals surface area contributed by atoms with Gasteiger partial charge >= 0.3 is 0 Å². The van der Waals surface area contributed by atoms with Crippen molar-refractivity contribution in [3.8, 4) is 11.5 Å². The predicted molar refractivity (Wildman–Crippen MR) is 98.3 cm³/mol. The van der Waals surface area contributed by atoms with E-state index >= 15 is 0 Å². The van der Waals surface area contributed by atoms with Crippen molar-refractivity contribution in [3.05, 3.63) is 52.8 Å². The van der Waals surface area contributed by atoms with Gasteiger partial charge in [-0.05, 0) is 35.9 Å². The minimum atomic E-state index is -0.373. The minimum Gasteiger partial charge on any atom is -0.486 e. The summed E-state index contributed by atoms with van der Waals surface area (Å²) in [6, 6.07) is 9.62. The van der Waals surface area contributed by atoms with Gasteiger partial charge in [0.15, 0.2) is 11.5 Å². The zero-order valence-electron chi connectivity index (χ0n) is 13.4. The molecule has 7 heteroatoms. The molecular formula is C18H17ClFNO3S. The number of carbonyl (C=O) groups is 1. The second kappa shape index (κ2) is 8.45. The number of ether oxygens (including phenoxy) is 2. The summed E-state index contributed by atoms with van der Waals surface area (Å²) in [5, 5.41) is 3.22. The molecule has 2 aromatic rings. The maximum Gasteiger partial charge on any atom is 0.225 e. The number of amides is 1. The SMILES string of the molecule is O=C(CCSCc1cc(Cl)c2c(c1)OCCO2)Nc1cccc(F)c1. The molecule has 0 saturated heterocycles. The van der Waals surface area contributed by atoms with Crippen LogP contribution >= 0.6 is 23.4 Å². The standard InChI is InChI=1S/C18H17ClFNO3S/c19-15-8-12(9-16-18(15)24-6-5-23-16)11-25-7-4-17(22)21-14-3-1-2-13(20)10-14/h1-3,8-10H,4-7,11H2,(H,21,22). The van der Waals surface area contributed by atoms with Gasteiger partial charge in [0.2, 0.25) is 5.91 Å². The number of anilines is 1. The normalized spacial score (nSPS) is 12.7. The zero-order chi connectivity index (χ0) is 17.6. The molecule has 1 aliphatic rings. The van der Waals surface area contributed by atoms with Crippen molar-refractivity contribution in [2.45, 2.75) is 12.2 Å². The van der Waals surface area contributed by atoms with Crippen molar-refractivity contribution < 1.29 is 18.7 Å². The van der Waals surface area contributed by atoms with Crippen LogP contribution in [0.3, 0.4) is 0 Å². The monoisotopic (exact) mass is 381 g/mol. The van der Waals surface area contributed by atoms with E-state index < -0.39 is 0 Å². The number of hydrogen-bond acceptors (Lipinski definition) is 4. The molecular weight excluding hydrogens is 365 g/mol. The Bertz CT molecular complexity index is 772. The van der Waals surface area contributed by atoms with Gasteiger partial charge in [-0.25, -0.2) is 4.39 Å². The first-order chi connectivity index (χ1) is 12.1. The smallest absolute Gasteiger partial charge is 0.225 e. The van der Waals surface area contributed by atoms with Crippen LogP contribution in [0, 0.1) is 5.82 Å². The van der Waals surface area contributed by atoms with Crippen LogP contribution in [-0.2, 0) is 10.5 Å². The molecule has 132 valence electrons. The molecule has 1 N–H and O–H groups in total. The number of hydrogen-bond donors (Lipinski definition) is 1. The molecule has 0 saturated carbocycles. The fraction of sp³-hybridized carbons (Fsp3) is 0.278. The third-order valence-electron chi connectivity index (χ3n) is 3.51. The second-order valence-corrected chi connectivity index (χ2v) is 6.98. The van der Waals surface area contributed by atoms with Gasteiger partial charge in [0.05, 0.1) is 5.02 Å². The van der Waals surface area contributed by atoms with Gasteiger partial charge in [-0.15, -0.1) is 0 Å². The van der Waals surface area contributed by atoms with Gasteiger partial charge < -0.3 is 14.8 Å². The average Bonchev–Trinajstić information content (AvgIpc) is 2.59. The molecule has 4 nitrogen and oxygen atoms in total. The van der Waals surface area contributed by atoms with Gasteiger partial charge in [-0.3, -0.25) is 4.79 Å². The summed E-state index contributed by atoms with van der Waals surface area (Å²) in [4.78, 5) is 11.9. The van der Waals surface area contributed by atoms with Gasteiger partial charge in [0.1, 0.15) is 19.0 Å². The Kier molecular flexibility index (Phi) is 6.04. The molecule has 0 unspecified atom stereocenters. The maximum absolute atomic E-state index is 13.1. The van der Waals surface area contributed by atoms with E-state index in [9.17, 15) is 9.18 Å². The van der Waals surface area contributed by atoms with Crippen molar-refractivity contribution in [1.82, 2.24) is 0 Å². The lowest BCUT2D eigenvalue weighted by atomic mass is 10.2. The highest BCUT2D eigenvalue weighted by Gasteiger charge is 2.16. The first-order valence-corrected chi connectivity index (χ1v) is 9.36. The van der Waals surface area contributed by atoms with E-state index in [1.54, 1.807) is 23.9 Å². The molecule has 0 fully saturated rings. The lowest BCUT2D eigenvalue weighted by molar-refractivity contribution is -0.115. The lowest BCUT2D eigenvalue weighted by Crippen LogP contribution is -2.15. The number of halogens is 2. The molecule has 1 amide bonds. The molecule has 25 heavy (non-hydrogen) atoms. The van der Waals surface area contributed by atoms with Crippen molar-refractivity contribution in [2.24, 2.45) is 0 Å². The summed E-state index contributed by atoms with van der Waals surface area (Å²) >= 11 is 7.82. The maximum atomic E-state index is 13.1. The largest absolute Gasteiger partial charge is 0.486 e. The molecule has 1 heterocycles. The number of rotatable bonds is 6. The lowest BCUT2D eigenvalue weighted by Gasteiger charge is -2.20. The third kappa shape index (κ3) is 5.03. The predicted octanol–water partition coefficient (Wildman–Crippen LogP) is 4.51. The summed E-state index contributed by atoms with van der Waals surface area (Å²) in [6.07, 6.45) is 0.347. The summed E-state index contributed by atoms with van der Waals surface area (Å²) in [5.74, 6) is 2.10. The number of fused-ring (bicyclic) bond motifs is 1. The number of nitrogens with one attached hydrogen (secondary N) is 1. The summed E-state index contributed by atoms with van der Waals surface area (Å²) in [6.45, 7) is 1.02. The molecule has 0 aliphatic carbocycles. The van der Waals surface area contributed by atoms with Crippen LogP contribution in [0.15, 0.2) is 36.4 Å². The van der Waals surface area contributed by atoms with Crippen LogP contribution in [0.4, 0.5) is 10.1 Å². The highest BCUT2D eigenvalue weighted by molar-refractivity contribution is 7.98. The molecule has 1 aliphatic heterocycles. The Balaban J connectivity index is 1.45. The van der Waals surface area contributed by atoms with E-state index in [0.29, 0.717) is 53.3 Å². The van der Waals surface area contributed by atoms with Crippen LogP contribution in [-0.4, -0.2) is 24.9 Å². The van der Waals surface area contributed by atoms with Crippen LogP contribution in [0.25, 0.3) is 0 Å². The van der Waals surface area contributed by atoms with Gasteiger partial charge in [0.25, 0.3) is 0 Å². The summed E-state index contributed by atoms with van der Waals surface area (Å²) < 4.78 is 24.1. The first kappa shape index (κ1) is 17.9. The quantitative estimate of drug-likeness (QED) is 0.748. The van der Waals surface area contributed by atoms with E-state index in [2.05, 4.69) is 5.32 Å². The minimum absolute atomic E-state index is 0.140. The highest BCUT2D eigenvalue weighted by atomic mass is 35.5. The third-order valence-corrected chi connectivity index (χ3v) is 4.82. The number of benzene rings is 2. The molecule has 2 aromatic carbocycles. The van der Waals surface area contributed by atoms with Crippen molar-refractivity contribution >= 4 is 35.0 Å². The molecule has 0 spiro atoms. The number of thioether (sulfide) groups is 1. The van der Waals surface area contributed by atoms with E-state index in [1.807, 2.05) is 12.1 Å². The molecule has 0 atom stereocenters. The topological polar surface area (TPSA) is 47.6 Å². The molecule has 3 rings (SSSR count). The Morgan fingerprint density at radius 3 is 2.92 bits per heavy atom. The van der Waals surface area contributed by atoms with Crippen molar-refractivity contribution in [3.63, 3.8) is 0 Å². The van der Waals surface area contributed by atoms with Crippen LogP contribution in [0.5, 0.6) is 11.5 Å². The summed E-state index contributed by atoms with van der Waals surface area (Å²) in [7, 11) is 0. The fourth-order valence-electron chi connectivity index (χ4n) is 2.39. The van der Waals surface area contributed by atoms with Gasteiger partial charge in [0, 0.05) is 23.6 Å². The fourth-order valence-corrected chi connectivity index (χ4v) is 3.56. The Morgan fingerprint density at radius 1 is 1.24 bits per heavy atom. The van der Waals surface area contributed by atoms with E-state index in [1.165, 1.54) is 12.1 Å². The molecule has 0 bridgehead atoms. The van der Waals surface area contributed by atoms with Crippen LogP contribution in [0.2, 0.25) is 5.02 Å². The van der Waals surface area contributed by atoms with E-state index in [0.717, 1.165) is 5.56 Å². The molecule has 0 aromatic heterocycles.